The second-order valence-corrected chi connectivity index (χ2v) is 7.47. The normalized spacial score (nSPS) is 13.4. The predicted octanol–water partition coefficient (Wildman–Crippen LogP) is 4.34. The molecule has 1 rings (SSSR count). The van der Waals surface area contributed by atoms with Crippen molar-refractivity contribution in [3.05, 3.63) is 35.9 Å². The first-order chi connectivity index (χ1) is 11.6. The van der Waals surface area contributed by atoms with Crippen molar-refractivity contribution in [1.29, 1.82) is 0 Å². The van der Waals surface area contributed by atoms with Crippen LogP contribution in [0.2, 0.25) is 0 Å². The molecule has 1 amide bonds. The molecular formula is C20H33NO4. The molecule has 5 nitrogen and oxygen atoms in total. The molecule has 1 N–H and O–H groups in total. The van der Waals surface area contributed by atoms with Crippen LogP contribution in [0.25, 0.3) is 0 Å². The van der Waals surface area contributed by atoms with Crippen molar-refractivity contribution >= 4 is 6.09 Å². The molecule has 0 aliphatic rings. The smallest absolute Gasteiger partial charge is 0.414 e. The van der Waals surface area contributed by atoms with Gasteiger partial charge in [0.25, 0.3) is 0 Å². The first-order valence-electron chi connectivity index (χ1n) is 8.99. The van der Waals surface area contributed by atoms with Gasteiger partial charge < -0.3 is 14.6 Å². The number of amides is 1. The van der Waals surface area contributed by atoms with Gasteiger partial charge in [-0.2, -0.15) is 0 Å². The number of carbonyl (C=O) groups is 1. The fraction of sp³-hybridized carbons (Fsp3) is 0.650. The fourth-order valence-electron chi connectivity index (χ4n) is 1.99. The Hall–Kier alpha value is -1.59. The number of hydrogen-bond donors (Lipinski definition) is 1. The summed E-state index contributed by atoms with van der Waals surface area (Å²) in [6, 6.07) is 9.82. The molecule has 0 spiro atoms. The molecule has 0 aliphatic carbocycles. The molecule has 5 heteroatoms. The summed E-state index contributed by atoms with van der Waals surface area (Å²) in [5, 5.41) is 10.5. The van der Waals surface area contributed by atoms with Crippen LogP contribution in [0.15, 0.2) is 30.3 Å². The predicted molar refractivity (Wildman–Crippen MR) is 99.2 cm³/mol. The summed E-state index contributed by atoms with van der Waals surface area (Å²) in [6.45, 7) is 11.7. The summed E-state index contributed by atoms with van der Waals surface area (Å²) in [6.07, 6.45) is 0.0885. The second kappa shape index (κ2) is 9.20. The SMILES string of the molecule is CCC(C)(C)OC(=O)N(CCc1ccccc1)C(O)OC(C)(C)CC. The van der Waals surface area contributed by atoms with E-state index in [9.17, 15) is 9.90 Å². The molecule has 0 fully saturated rings. The maximum absolute atomic E-state index is 12.6. The molecular weight excluding hydrogens is 318 g/mol. The molecule has 0 heterocycles. The van der Waals surface area contributed by atoms with E-state index in [1.54, 1.807) is 0 Å². The molecule has 0 aliphatic heterocycles. The molecule has 1 unspecified atom stereocenters. The maximum Gasteiger partial charge on any atom is 0.414 e. The molecule has 1 aromatic rings. The maximum atomic E-state index is 12.6. The minimum absolute atomic E-state index is 0.309. The van der Waals surface area contributed by atoms with Crippen LogP contribution in [0, 0.1) is 0 Å². The Morgan fingerprint density at radius 3 is 2.16 bits per heavy atom. The highest BCUT2D eigenvalue weighted by Crippen LogP contribution is 2.21. The monoisotopic (exact) mass is 351 g/mol. The summed E-state index contributed by atoms with van der Waals surface area (Å²) in [4.78, 5) is 13.9. The van der Waals surface area contributed by atoms with Crippen LogP contribution < -0.4 is 0 Å². The van der Waals surface area contributed by atoms with Crippen LogP contribution in [-0.4, -0.2) is 40.3 Å². The topological polar surface area (TPSA) is 59.0 Å². The van der Waals surface area contributed by atoms with Crippen LogP contribution in [0.3, 0.4) is 0 Å². The van der Waals surface area contributed by atoms with Gasteiger partial charge in [0.05, 0.1) is 5.60 Å². The van der Waals surface area contributed by atoms with Crippen molar-refractivity contribution in [2.75, 3.05) is 6.54 Å². The van der Waals surface area contributed by atoms with Gasteiger partial charge in [-0.05, 0) is 52.5 Å². The number of aliphatic hydroxyl groups is 1. The first-order valence-corrected chi connectivity index (χ1v) is 8.99. The standard InChI is InChI=1S/C20H33NO4/c1-7-19(3,4)24-17(22)21(18(23)25-20(5,6)8-2)15-14-16-12-10-9-11-13-16/h9-13,17,22H,7-8,14-15H2,1-6H3. The lowest BCUT2D eigenvalue weighted by Gasteiger charge is -2.35. The molecule has 0 saturated carbocycles. The zero-order chi connectivity index (χ0) is 19.1. The third kappa shape index (κ3) is 7.45. The zero-order valence-corrected chi connectivity index (χ0v) is 16.4. The number of nitrogens with zero attached hydrogens (tertiary/aromatic N) is 1. The van der Waals surface area contributed by atoms with Crippen LogP contribution in [0.4, 0.5) is 4.79 Å². The fourth-order valence-corrected chi connectivity index (χ4v) is 1.99. The van der Waals surface area contributed by atoms with Gasteiger partial charge in [0.15, 0.2) is 0 Å². The lowest BCUT2D eigenvalue weighted by atomic mass is 10.1. The van der Waals surface area contributed by atoms with Gasteiger partial charge in [0.2, 0.25) is 6.41 Å². The van der Waals surface area contributed by atoms with Gasteiger partial charge in [0.1, 0.15) is 5.60 Å². The van der Waals surface area contributed by atoms with E-state index in [0.717, 1.165) is 5.56 Å². The quantitative estimate of drug-likeness (QED) is 0.673. The van der Waals surface area contributed by atoms with Gasteiger partial charge >= 0.3 is 6.09 Å². The van der Waals surface area contributed by atoms with Crippen molar-refractivity contribution in [3.63, 3.8) is 0 Å². The van der Waals surface area contributed by atoms with Crippen LogP contribution in [0.5, 0.6) is 0 Å². The first kappa shape index (κ1) is 21.5. The molecule has 0 aromatic heterocycles. The Morgan fingerprint density at radius 2 is 1.64 bits per heavy atom. The number of aliphatic hydroxyl groups excluding tert-OH is 1. The van der Waals surface area contributed by atoms with E-state index in [1.165, 1.54) is 4.90 Å². The average Bonchev–Trinajstić information content (AvgIpc) is 2.55. The van der Waals surface area contributed by atoms with Crippen LogP contribution in [0.1, 0.15) is 59.9 Å². The second-order valence-electron chi connectivity index (χ2n) is 7.47. The van der Waals surface area contributed by atoms with Crippen LogP contribution >= 0.6 is 0 Å². The molecule has 25 heavy (non-hydrogen) atoms. The van der Waals surface area contributed by atoms with Gasteiger partial charge in [-0.3, -0.25) is 4.90 Å². The number of carbonyl (C=O) groups excluding carboxylic acids is 1. The Balaban J connectivity index is 2.86. The molecule has 0 radical (unpaired) electrons. The zero-order valence-electron chi connectivity index (χ0n) is 16.4. The Morgan fingerprint density at radius 1 is 1.08 bits per heavy atom. The molecule has 0 bridgehead atoms. The number of ether oxygens (including phenoxy) is 2. The number of hydrogen-bond acceptors (Lipinski definition) is 4. The Bertz CT molecular complexity index is 528. The van der Waals surface area contributed by atoms with Crippen molar-refractivity contribution < 1.29 is 19.4 Å². The highest BCUT2D eigenvalue weighted by Gasteiger charge is 2.32. The summed E-state index contributed by atoms with van der Waals surface area (Å²) >= 11 is 0. The summed E-state index contributed by atoms with van der Waals surface area (Å²) in [7, 11) is 0. The van der Waals surface area contributed by atoms with Crippen molar-refractivity contribution in [3.8, 4) is 0 Å². The van der Waals surface area contributed by atoms with Gasteiger partial charge in [-0.15, -0.1) is 0 Å². The van der Waals surface area contributed by atoms with E-state index in [1.807, 2.05) is 71.9 Å². The third-order valence-corrected chi connectivity index (χ3v) is 4.48. The largest absolute Gasteiger partial charge is 0.443 e. The van der Waals surface area contributed by atoms with Crippen molar-refractivity contribution in [1.82, 2.24) is 4.90 Å². The number of rotatable bonds is 9. The van der Waals surface area contributed by atoms with E-state index in [-0.39, 0.29) is 0 Å². The minimum atomic E-state index is -1.35. The Labute approximate surface area is 151 Å². The van der Waals surface area contributed by atoms with Crippen LogP contribution in [-0.2, 0) is 15.9 Å². The molecule has 1 aromatic carbocycles. The van der Waals surface area contributed by atoms with Gasteiger partial charge in [-0.25, -0.2) is 4.79 Å². The van der Waals surface area contributed by atoms with E-state index in [4.69, 9.17) is 9.47 Å². The van der Waals surface area contributed by atoms with Gasteiger partial charge in [0, 0.05) is 6.54 Å². The molecule has 0 saturated heterocycles. The number of benzene rings is 1. The summed E-state index contributed by atoms with van der Waals surface area (Å²) < 4.78 is 11.2. The summed E-state index contributed by atoms with van der Waals surface area (Å²) in [5.74, 6) is 0. The van der Waals surface area contributed by atoms with E-state index in [0.29, 0.717) is 25.8 Å². The lowest BCUT2D eigenvalue weighted by molar-refractivity contribution is -0.235. The Kier molecular flexibility index (Phi) is 7.90. The van der Waals surface area contributed by atoms with Gasteiger partial charge in [-0.1, -0.05) is 44.2 Å². The molecule has 142 valence electrons. The van der Waals surface area contributed by atoms with E-state index < -0.39 is 23.7 Å². The van der Waals surface area contributed by atoms with Crippen molar-refractivity contribution in [2.24, 2.45) is 0 Å². The molecule has 1 atom stereocenters. The van der Waals surface area contributed by atoms with Crippen molar-refractivity contribution in [2.45, 2.75) is 78.4 Å². The van der Waals surface area contributed by atoms with E-state index >= 15 is 0 Å². The third-order valence-electron chi connectivity index (χ3n) is 4.48. The summed E-state index contributed by atoms with van der Waals surface area (Å²) in [5.41, 5.74) is -0.0513. The average molecular weight is 351 g/mol. The highest BCUT2D eigenvalue weighted by atomic mass is 16.7. The lowest BCUT2D eigenvalue weighted by Crippen LogP contribution is -2.48. The van der Waals surface area contributed by atoms with E-state index in [2.05, 4.69) is 0 Å². The minimum Gasteiger partial charge on any atom is -0.443 e. The highest BCUT2D eigenvalue weighted by molar-refractivity contribution is 5.68.